The number of primary amides is 1. The number of rotatable bonds is 4. The highest BCUT2D eigenvalue weighted by Gasteiger charge is 2.31. The number of ether oxygens (including phenoxy) is 1. The van der Waals surface area contributed by atoms with Crippen molar-refractivity contribution in [2.75, 3.05) is 13.2 Å². The Morgan fingerprint density at radius 2 is 2.00 bits per heavy atom. The molecule has 0 spiro atoms. The Hall–Kier alpha value is -2.37. The molecule has 1 atom stereocenters. The predicted molar refractivity (Wildman–Crippen MR) is 84.7 cm³/mol. The first-order valence-electron chi connectivity index (χ1n) is 7.73. The SMILES string of the molecule is Cc1ccc(C(=O)OCC(=O)N2CCCC[C@H]2C(N)=O)c(C)c1. The van der Waals surface area contributed by atoms with Crippen molar-refractivity contribution in [1.29, 1.82) is 0 Å². The number of likely N-dealkylation sites (tertiary alicyclic amines) is 1. The second-order valence-electron chi connectivity index (χ2n) is 5.90. The number of hydrogen-bond acceptors (Lipinski definition) is 4. The van der Waals surface area contributed by atoms with Crippen LogP contribution in [0.5, 0.6) is 0 Å². The van der Waals surface area contributed by atoms with E-state index in [1.807, 2.05) is 26.0 Å². The van der Waals surface area contributed by atoms with Gasteiger partial charge in [-0.25, -0.2) is 4.79 Å². The van der Waals surface area contributed by atoms with E-state index in [9.17, 15) is 14.4 Å². The van der Waals surface area contributed by atoms with Gasteiger partial charge in [0.25, 0.3) is 5.91 Å². The first kappa shape index (κ1) is 17.0. The lowest BCUT2D eigenvalue weighted by atomic mass is 10.0. The van der Waals surface area contributed by atoms with E-state index in [1.54, 1.807) is 6.07 Å². The van der Waals surface area contributed by atoms with E-state index >= 15 is 0 Å². The van der Waals surface area contributed by atoms with Crippen LogP contribution in [0, 0.1) is 13.8 Å². The van der Waals surface area contributed by atoms with Crippen LogP contribution in [0.2, 0.25) is 0 Å². The van der Waals surface area contributed by atoms with Gasteiger partial charge in [-0.1, -0.05) is 17.7 Å². The second-order valence-corrected chi connectivity index (χ2v) is 5.90. The molecule has 6 heteroatoms. The average Bonchev–Trinajstić information content (AvgIpc) is 2.52. The molecule has 1 aliphatic heterocycles. The van der Waals surface area contributed by atoms with E-state index < -0.39 is 17.9 Å². The quantitative estimate of drug-likeness (QED) is 0.848. The maximum Gasteiger partial charge on any atom is 0.338 e. The molecule has 1 saturated heterocycles. The number of esters is 1. The summed E-state index contributed by atoms with van der Waals surface area (Å²) in [6, 6.07) is 4.78. The topological polar surface area (TPSA) is 89.7 Å². The van der Waals surface area contributed by atoms with Crippen LogP contribution >= 0.6 is 0 Å². The average molecular weight is 318 g/mol. The number of carbonyl (C=O) groups is 3. The number of benzene rings is 1. The van der Waals surface area contributed by atoms with Crippen molar-refractivity contribution < 1.29 is 19.1 Å². The molecule has 0 saturated carbocycles. The van der Waals surface area contributed by atoms with E-state index in [4.69, 9.17) is 10.5 Å². The van der Waals surface area contributed by atoms with Crippen molar-refractivity contribution in [2.45, 2.75) is 39.2 Å². The summed E-state index contributed by atoms with van der Waals surface area (Å²) in [6.45, 7) is 3.84. The summed E-state index contributed by atoms with van der Waals surface area (Å²) in [7, 11) is 0. The van der Waals surface area contributed by atoms with Gasteiger partial charge in [0.2, 0.25) is 5.91 Å². The zero-order valence-electron chi connectivity index (χ0n) is 13.5. The van der Waals surface area contributed by atoms with E-state index in [0.717, 1.165) is 24.0 Å². The Balaban J connectivity index is 1.97. The summed E-state index contributed by atoms with van der Waals surface area (Å²) < 4.78 is 5.11. The Bertz CT molecular complexity index is 627. The van der Waals surface area contributed by atoms with Gasteiger partial charge in [-0.2, -0.15) is 0 Å². The standard InChI is InChI=1S/C17H22N2O4/c1-11-6-7-13(12(2)9-11)17(22)23-10-15(20)19-8-4-3-5-14(19)16(18)21/h6-7,9,14H,3-5,8,10H2,1-2H3,(H2,18,21)/t14-/m0/s1. The van der Waals surface area contributed by atoms with Crippen LogP contribution in [0.4, 0.5) is 0 Å². The minimum Gasteiger partial charge on any atom is -0.452 e. The summed E-state index contributed by atoms with van der Waals surface area (Å²) in [6.07, 6.45) is 2.24. The molecule has 0 aliphatic carbocycles. The fourth-order valence-corrected chi connectivity index (χ4v) is 2.86. The van der Waals surface area contributed by atoms with Crippen LogP contribution in [0.3, 0.4) is 0 Å². The third-order valence-corrected chi connectivity index (χ3v) is 4.08. The van der Waals surface area contributed by atoms with E-state index in [2.05, 4.69) is 0 Å². The molecule has 6 nitrogen and oxygen atoms in total. The Kier molecular flexibility index (Phi) is 5.36. The van der Waals surface area contributed by atoms with Gasteiger partial charge in [-0.15, -0.1) is 0 Å². The maximum absolute atomic E-state index is 12.2. The van der Waals surface area contributed by atoms with Crippen molar-refractivity contribution in [3.63, 3.8) is 0 Å². The van der Waals surface area contributed by atoms with Crippen molar-refractivity contribution in [3.05, 3.63) is 34.9 Å². The fourth-order valence-electron chi connectivity index (χ4n) is 2.86. The highest BCUT2D eigenvalue weighted by Crippen LogP contribution is 2.17. The van der Waals surface area contributed by atoms with Crippen molar-refractivity contribution in [1.82, 2.24) is 4.90 Å². The minimum atomic E-state index is -0.601. The molecule has 2 amide bonds. The molecule has 124 valence electrons. The van der Waals surface area contributed by atoms with Crippen molar-refractivity contribution >= 4 is 17.8 Å². The summed E-state index contributed by atoms with van der Waals surface area (Å²) in [5, 5.41) is 0. The molecular weight excluding hydrogens is 296 g/mol. The highest BCUT2D eigenvalue weighted by atomic mass is 16.5. The molecule has 1 aromatic carbocycles. The van der Waals surface area contributed by atoms with Gasteiger partial charge in [-0.3, -0.25) is 9.59 Å². The van der Waals surface area contributed by atoms with Crippen LogP contribution in [0.1, 0.15) is 40.7 Å². The number of aryl methyl sites for hydroxylation is 2. The van der Waals surface area contributed by atoms with Crippen LogP contribution < -0.4 is 5.73 Å². The lowest BCUT2D eigenvalue weighted by Crippen LogP contribution is -2.51. The number of carbonyl (C=O) groups excluding carboxylic acids is 3. The molecule has 2 rings (SSSR count). The summed E-state index contributed by atoms with van der Waals surface area (Å²) in [5.74, 6) is -1.44. The van der Waals surface area contributed by atoms with Crippen LogP contribution in [-0.4, -0.2) is 41.9 Å². The van der Waals surface area contributed by atoms with Gasteiger partial charge < -0.3 is 15.4 Å². The maximum atomic E-state index is 12.2. The third kappa shape index (κ3) is 4.09. The zero-order chi connectivity index (χ0) is 17.0. The third-order valence-electron chi connectivity index (χ3n) is 4.08. The summed E-state index contributed by atoms with van der Waals surface area (Å²) in [5.41, 5.74) is 7.62. The molecule has 0 unspecified atom stereocenters. The van der Waals surface area contributed by atoms with Gasteiger partial charge in [0.15, 0.2) is 6.61 Å². The van der Waals surface area contributed by atoms with Crippen molar-refractivity contribution in [3.8, 4) is 0 Å². The molecule has 0 bridgehead atoms. The molecule has 0 aromatic heterocycles. The molecular formula is C17H22N2O4. The largest absolute Gasteiger partial charge is 0.452 e. The number of nitrogens with zero attached hydrogens (tertiary/aromatic N) is 1. The van der Waals surface area contributed by atoms with E-state index in [1.165, 1.54) is 4.90 Å². The Labute approximate surface area is 135 Å². The molecule has 23 heavy (non-hydrogen) atoms. The second kappa shape index (κ2) is 7.26. The molecule has 0 radical (unpaired) electrons. The first-order valence-corrected chi connectivity index (χ1v) is 7.73. The fraction of sp³-hybridized carbons (Fsp3) is 0.471. The molecule has 1 aromatic rings. The van der Waals surface area contributed by atoms with Gasteiger partial charge in [0.1, 0.15) is 6.04 Å². The highest BCUT2D eigenvalue weighted by molar-refractivity contribution is 5.93. The Morgan fingerprint density at radius 1 is 1.26 bits per heavy atom. The first-order chi connectivity index (χ1) is 10.9. The van der Waals surface area contributed by atoms with E-state index in [-0.39, 0.29) is 12.5 Å². The van der Waals surface area contributed by atoms with Gasteiger partial charge in [0, 0.05) is 6.54 Å². The summed E-state index contributed by atoms with van der Waals surface area (Å²) in [4.78, 5) is 37.2. The number of hydrogen-bond donors (Lipinski definition) is 1. The number of nitrogens with two attached hydrogens (primary N) is 1. The van der Waals surface area contributed by atoms with Crippen LogP contribution in [-0.2, 0) is 14.3 Å². The van der Waals surface area contributed by atoms with Crippen LogP contribution in [0.25, 0.3) is 0 Å². The number of amides is 2. The summed E-state index contributed by atoms with van der Waals surface area (Å²) >= 11 is 0. The van der Waals surface area contributed by atoms with Gasteiger partial charge >= 0.3 is 5.97 Å². The van der Waals surface area contributed by atoms with Gasteiger partial charge in [0.05, 0.1) is 5.56 Å². The number of piperidine rings is 1. The minimum absolute atomic E-state index is 0.379. The lowest BCUT2D eigenvalue weighted by molar-refractivity contribution is -0.143. The Morgan fingerprint density at radius 3 is 2.65 bits per heavy atom. The normalized spacial score (nSPS) is 17.7. The van der Waals surface area contributed by atoms with Gasteiger partial charge in [-0.05, 0) is 44.7 Å². The van der Waals surface area contributed by atoms with Crippen molar-refractivity contribution in [2.24, 2.45) is 5.73 Å². The monoisotopic (exact) mass is 318 g/mol. The lowest BCUT2D eigenvalue weighted by Gasteiger charge is -2.33. The van der Waals surface area contributed by atoms with E-state index in [0.29, 0.717) is 18.5 Å². The zero-order valence-corrected chi connectivity index (χ0v) is 13.5. The molecule has 1 fully saturated rings. The molecule has 1 aliphatic rings. The predicted octanol–water partition coefficient (Wildman–Crippen LogP) is 1.33. The van der Waals surface area contributed by atoms with Crippen LogP contribution in [0.15, 0.2) is 18.2 Å². The molecule has 2 N–H and O–H groups in total. The molecule has 1 heterocycles. The smallest absolute Gasteiger partial charge is 0.338 e.